The van der Waals surface area contributed by atoms with Crippen molar-refractivity contribution in [1.29, 1.82) is 0 Å². The summed E-state index contributed by atoms with van der Waals surface area (Å²) < 4.78 is 2.66. The zero-order chi connectivity index (χ0) is 26.1. The number of aryl methyl sites for hydroxylation is 2. The van der Waals surface area contributed by atoms with Gasteiger partial charge in [-0.15, -0.1) is 0 Å². The van der Waals surface area contributed by atoms with E-state index < -0.39 is 0 Å². The van der Waals surface area contributed by atoms with Crippen LogP contribution in [0.1, 0.15) is 85.2 Å². The second-order valence-electron chi connectivity index (χ2n) is 11.6. The fourth-order valence-corrected chi connectivity index (χ4v) is 6.48. The molecule has 198 valence electrons. The van der Waals surface area contributed by atoms with E-state index in [-0.39, 0.29) is 11.7 Å². The molecule has 2 aliphatic rings. The molecule has 0 saturated carbocycles. The van der Waals surface area contributed by atoms with Crippen LogP contribution in [0.3, 0.4) is 0 Å². The number of pyridine rings is 1. The summed E-state index contributed by atoms with van der Waals surface area (Å²) in [5.74, 6) is 1.39. The quantitative estimate of drug-likeness (QED) is 0.313. The zero-order valence-corrected chi connectivity index (χ0v) is 23.5. The Morgan fingerprint density at radius 1 is 1.11 bits per heavy atom. The number of piperazine rings is 1. The highest BCUT2D eigenvalue weighted by molar-refractivity contribution is 6.02. The van der Waals surface area contributed by atoms with E-state index in [1.165, 1.54) is 59.0 Å². The molecule has 3 aromatic rings. The first-order valence-corrected chi connectivity index (χ1v) is 14.5. The minimum atomic E-state index is 0.0244. The van der Waals surface area contributed by atoms with Crippen LogP contribution in [0.25, 0.3) is 10.9 Å². The number of benzene rings is 1. The van der Waals surface area contributed by atoms with Gasteiger partial charge in [-0.3, -0.25) is 9.69 Å². The van der Waals surface area contributed by atoms with Gasteiger partial charge < -0.3 is 9.47 Å². The summed E-state index contributed by atoms with van der Waals surface area (Å²) in [6, 6.07) is 9.27. The summed E-state index contributed by atoms with van der Waals surface area (Å²) >= 11 is 0. The average molecular weight is 501 g/mol. The van der Waals surface area contributed by atoms with Gasteiger partial charge in [0.05, 0.1) is 5.52 Å². The van der Waals surface area contributed by atoms with Crippen LogP contribution < -0.4 is 4.90 Å². The zero-order valence-electron chi connectivity index (χ0n) is 23.5. The third-order valence-corrected chi connectivity index (χ3v) is 8.64. The van der Waals surface area contributed by atoms with Gasteiger partial charge in [0.25, 0.3) is 0 Å². The maximum Gasteiger partial charge on any atom is 0.165 e. The predicted octanol–water partition coefficient (Wildman–Crippen LogP) is 6.53. The normalized spacial score (nSPS) is 18.2. The van der Waals surface area contributed by atoms with Crippen LogP contribution in [-0.2, 0) is 12.8 Å². The molecule has 1 unspecified atom stereocenters. The highest BCUT2D eigenvalue weighted by Gasteiger charge is 2.28. The maximum atomic E-state index is 13.0. The van der Waals surface area contributed by atoms with Crippen molar-refractivity contribution in [3.63, 3.8) is 0 Å². The molecule has 5 heteroatoms. The van der Waals surface area contributed by atoms with E-state index in [1.807, 2.05) is 20.0 Å². The van der Waals surface area contributed by atoms with Crippen LogP contribution in [0.15, 0.2) is 30.5 Å². The van der Waals surface area contributed by atoms with Crippen molar-refractivity contribution in [2.24, 2.45) is 5.92 Å². The van der Waals surface area contributed by atoms with Crippen LogP contribution in [-0.4, -0.2) is 53.0 Å². The molecule has 37 heavy (non-hydrogen) atoms. The second-order valence-corrected chi connectivity index (χ2v) is 11.6. The molecular weight excluding hydrogens is 456 g/mol. The average Bonchev–Trinajstić information content (AvgIpc) is 3.19. The van der Waals surface area contributed by atoms with Gasteiger partial charge in [-0.2, -0.15) is 0 Å². The minimum absolute atomic E-state index is 0.0244. The number of anilines is 1. The minimum Gasteiger partial charge on any atom is -0.354 e. The van der Waals surface area contributed by atoms with E-state index in [0.717, 1.165) is 56.9 Å². The molecular formula is C32H44N4O. The number of nitrogens with zero attached hydrogens (tertiary/aromatic N) is 4. The monoisotopic (exact) mass is 500 g/mol. The standard InChI is InChI=1S/C32H44N4O/c1-6-7-8-27-10-9-25-20-26(32(37)22(2)3)21-29-28(24(5)36(27)31(25)29)12-14-34-15-17-35(18-16-34)30-19-23(4)11-13-33-30/h11,13,19-22,27H,6-10,12,14-18H2,1-5H3. The highest BCUT2D eigenvalue weighted by atomic mass is 16.1. The number of hydrogen-bond acceptors (Lipinski definition) is 4. The molecule has 4 heterocycles. The van der Waals surface area contributed by atoms with Crippen LogP contribution in [0, 0.1) is 19.8 Å². The van der Waals surface area contributed by atoms with Crippen LogP contribution >= 0.6 is 0 Å². The topological polar surface area (TPSA) is 41.4 Å². The van der Waals surface area contributed by atoms with E-state index >= 15 is 0 Å². The third kappa shape index (κ3) is 5.20. The van der Waals surface area contributed by atoms with Gasteiger partial charge in [0.1, 0.15) is 5.82 Å². The van der Waals surface area contributed by atoms with Crippen molar-refractivity contribution in [3.8, 4) is 0 Å². The summed E-state index contributed by atoms with van der Waals surface area (Å²) in [4.78, 5) is 22.6. The first-order valence-electron chi connectivity index (χ1n) is 14.5. The number of carbonyl (C=O) groups excluding carboxylic acids is 1. The summed E-state index contributed by atoms with van der Waals surface area (Å²) in [7, 11) is 0. The van der Waals surface area contributed by atoms with E-state index in [1.54, 1.807) is 0 Å². The molecule has 1 atom stereocenters. The Hall–Kier alpha value is -2.66. The Bertz CT molecular complexity index is 1270. The molecule has 0 amide bonds. The Morgan fingerprint density at radius 3 is 2.59 bits per heavy atom. The summed E-state index contributed by atoms with van der Waals surface area (Å²) in [6.07, 6.45) is 9.00. The number of hydrogen-bond donors (Lipinski definition) is 0. The van der Waals surface area contributed by atoms with Crippen LogP contribution in [0.5, 0.6) is 0 Å². The molecule has 1 saturated heterocycles. The van der Waals surface area contributed by atoms with Gasteiger partial charge in [0.2, 0.25) is 0 Å². The van der Waals surface area contributed by atoms with Crippen molar-refractivity contribution in [2.45, 2.75) is 79.2 Å². The molecule has 0 spiro atoms. The fourth-order valence-electron chi connectivity index (χ4n) is 6.48. The van der Waals surface area contributed by atoms with Crippen molar-refractivity contribution >= 4 is 22.5 Å². The molecule has 1 fully saturated rings. The van der Waals surface area contributed by atoms with Gasteiger partial charge >= 0.3 is 0 Å². The van der Waals surface area contributed by atoms with Crippen molar-refractivity contribution in [2.75, 3.05) is 37.6 Å². The number of Topliss-reactive ketones (excluding diaryl/α,β-unsaturated/α-hetero) is 1. The summed E-state index contributed by atoms with van der Waals surface area (Å²) in [6.45, 7) is 16.0. The Kier molecular flexibility index (Phi) is 7.71. The largest absolute Gasteiger partial charge is 0.354 e. The highest BCUT2D eigenvalue weighted by Crippen LogP contribution is 2.40. The van der Waals surface area contributed by atoms with Gasteiger partial charge in [0, 0.05) is 67.5 Å². The molecule has 0 radical (unpaired) electrons. The number of aromatic nitrogens is 2. The van der Waals surface area contributed by atoms with E-state index in [9.17, 15) is 4.79 Å². The lowest BCUT2D eigenvalue weighted by atomic mass is 9.91. The first-order chi connectivity index (χ1) is 17.9. The van der Waals surface area contributed by atoms with E-state index in [0.29, 0.717) is 6.04 Å². The molecule has 5 rings (SSSR count). The lowest BCUT2D eigenvalue weighted by Crippen LogP contribution is -2.47. The number of rotatable bonds is 9. The molecule has 0 N–H and O–H groups in total. The van der Waals surface area contributed by atoms with E-state index in [4.69, 9.17) is 0 Å². The Labute approximate surface area is 222 Å². The molecule has 0 aliphatic carbocycles. The van der Waals surface area contributed by atoms with Crippen LogP contribution in [0.4, 0.5) is 5.82 Å². The smallest absolute Gasteiger partial charge is 0.165 e. The lowest BCUT2D eigenvalue weighted by Gasteiger charge is -2.35. The van der Waals surface area contributed by atoms with Crippen molar-refractivity contribution in [3.05, 3.63) is 58.4 Å². The second kappa shape index (κ2) is 11.0. The Morgan fingerprint density at radius 2 is 1.89 bits per heavy atom. The summed E-state index contributed by atoms with van der Waals surface area (Å²) in [5.41, 5.74) is 7.85. The molecule has 2 aromatic heterocycles. The predicted molar refractivity (Wildman–Crippen MR) is 154 cm³/mol. The number of ketones is 1. The van der Waals surface area contributed by atoms with Gasteiger partial charge in [-0.25, -0.2) is 4.98 Å². The maximum absolute atomic E-state index is 13.0. The number of carbonyl (C=O) groups is 1. The van der Waals surface area contributed by atoms with E-state index in [2.05, 4.69) is 64.4 Å². The van der Waals surface area contributed by atoms with Gasteiger partial charge in [0.15, 0.2) is 5.78 Å². The summed E-state index contributed by atoms with van der Waals surface area (Å²) in [5, 5.41) is 1.34. The Balaban J connectivity index is 1.39. The SMILES string of the molecule is CCCCC1CCc2cc(C(=O)C(C)C)cc3c(CCN4CCN(c5cc(C)ccn5)CC4)c(C)n1c23. The molecule has 5 nitrogen and oxygen atoms in total. The lowest BCUT2D eigenvalue weighted by molar-refractivity contribution is 0.0939. The molecule has 1 aromatic carbocycles. The molecule has 2 aliphatic heterocycles. The van der Waals surface area contributed by atoms with Gasteiger partial charge in [-0.05, 0) is 80.5 Å². The van der Waals surface area contributed by atoms with Gasteiger partial charge in [-0.1, -0.05) is 33.6 Å². The van der Waals surface area contributed by atoms with Crippen LogP contribution in [0.2, 0.25) is 0 Å². The molecule has 0 bridgehead atoms. The van der Waals surface area contributed by atoms with Crippen molar-refractivity contribution in [1.82, 2.24) is 14.5 Å². The fraction of sp³-hybridized carbons (Fsp3) is 0.562. The third-order valence-electron chi connectivity index (χ3n) is 8.64. The number of unbranched alkanes of at least 4 members (excludes halogenated alkanes) is 1. The first kappa shape index (κ1) is 26.0. The van der Waals surface area contributed by atoms with Crippen molar-refractivity contribution < 1.29 is 4.79 Å².